The molecule has 4 rings (SSSR count). The van der Waals surface area contributed by atoms with E-state index in [9.17, 15) is 4.79 Å². The Morgan fingerprint density at radius 3 is 2.84 bits per heavy atom. The third-order valence-corrected chi connectivity index (χ3v) is 5.79. The summed E-state index contributed by atoms with van der Waals surface area (Å²) in [5.41, 5.74) is 4.68. The number of carbonyl (C=O) groups is 1. The van der Waals surface area contributed by atoms with Crippen molar-refractivity contribution in [2.75, 3.05) is 6.54 Å². The van der Waals surface area contributed by atoms with E-state index in [2.05, 4.69) is 45.5 Å². The van der Waals surface area contributed by atoms with Gasteiger partial charge in [0.25, 0.3) is 5.91 Å². The van der Waals surface area contributed by atoms with Crippen LogP contribution in [0.3, 0.4) is 0 Å². The highest BCUT2D eigenvalue weighted by molar-refractivity contribution is 5.92. The maximum atomic E-state index is 12.8. The molecule has 3 heterocycles. The SMILES string of the molecule is CCCCCCNC(=O)c1cc(Cc2ccnc(-c3cnn(C)c3)c2)c2c(n1)=CCCC=2. The molecule has 0 saturated carbocycles. The van der Waals surface area contributed by atoms with Gasteiger partial charge in [0.1, 0.15) is 5.69 Å². The van der Waals surface area contributed by atoms with E-state index in [1.54, 1.807) is 4.68 Å². The summed E-state index contributed by atoms with van der Waals surface area (Å²) >= 11 is 0. The molecule has 166 valence electrons. The predicted octanol–water partition coefficient (Wildman–Crippen LogP) is 3.13. The van der Waals surface area contributed by atoms with Gasteiger partial charge in [-0.25, -0.2) is 4.98 Å². The van der Waals surface area contributed by atoms with Gasteiger partial charge in [-0.3, -0.25) is 14.5 Å². The van der Waals surface area contributed by atoms with Crippen LogP contribution in [0.25, 0.3) is 23.4 Å². The van der Waals surface area contributed by atoms with Gasteiger partial charge in [0.05, 0.1) is 17.2 Å². The Morgan fingerprint density at radius 2 is 2.03 bits per heavy atom. The lowest BCUT2D eigenvalue weighted by molar-refractivity contribution is 0.0947. The second-order valence-corrected chi connectivity index (χ2v) is 8.40. The van der Waals surface area contributed by atoms with Crippen molar-refractivity contribution < 1.29 is 4.79 Å². The quantitative estimate of drug-likeness (QED) is 0.531. The zero-order valence-corrected chi connectivity index (χ0v) is 19.0. The molecule has 6 heteroatoms. The predicted molar refractivity (Wildman–Crippen MR) is 127 cm³/mol. The third kappa shape index (κ3) is 5.31. The van der Waals surface area contributed by atoms with E-state index in [0.29, 0.717) is 12.2 Å². The summed E-state index contributed by atoms with van der Waals surface area (Å²) in [6.07, 6.45) is 17.2. The van der Waals surface area contributed by atoms with Gasteiger partial charge in [-0.05, 0) is 60.2 Å². The van der Waals surface area contributed by atoms with E-state index in [1.807, 2.05) is 37.8 Å². The summed E-state index contributed by atoms with van der Waals surface area (Å²) in [5, 5.41) is 9.37. The van der Waals surface area contributed by atoms with E-state index in [-0.39, 0.29) is 5.91 Å². The number of rotatable bonds is 9. The number of hydrogen-bond donors (Lipinski definition) is 1. The lowest BCUT2D eigenvalue weighted by atomic mass is 9.99. The molecule has 0 bridgehead atoms. The largest absolute Gasteiger partial charge is 0.351 e. The first-order chi connectivity index (χ1) is 15.6. The summed E-state index contributed by atoms with van der Waals surface area (Å²) in [6.45, 7) is 2.88. The van der Waals surface area contributed by atoms with Gasteiger partial charge in [-0.2, -0.15) is 5.10 Å². The van der Waals surface area contributed by atoms with Crippen LogP contribution in [0.15, 0.2) is 36.8 Å². The van der Waals surface area contributed by atoms with Gasteiger partial charge >= 0.3 is 0 Å². The first kappa shape index (κ1) is 21.9. The first-order valence-electron chi connectivity index (χ1n) is 11.6. The van der Waals surface area contributed by atoms with Gasteiger partial charge in [0.2, 0.25) is 0 Å². The molecule has 3 aromatic rings. The lowest BCUT2D eigenvalue weighted by Crippen LogP contribution is -2.37. The molecule has 3 aromatic heterocycles. The summed E-state index contributed by atoms with van der Waals surface area (Å²) in [5.74, 6) is -0.0877. The molecule has 0 fully saturated rings. The fourth-order valence-corrected chi connectivity index (χ4v) is 4.09. The highest BCUT2D eigenvalue weighted by Crippen LogP contribution is 2.18. The zero-order chi connectivity index (χ0) is 22.3. The average molecular weight is 430 g/mol. The van der Waals surface area contributed by atoms with E-state index in [0.717, 1.165) is 65.1 Å². The molecule has 0 unspecified atom stereocenters. The summed E-state index contributed by atoms with van der Waals surface area (Å²) < 4.78 is 1.78. The number of aromatic nitrogens is 4. The van der Waals surface area contributed by atoms with Gasteiger partial charge in [-0.15, -0.1) is 0 Å². The number of pyridine rings is 2. The number of amides is 1. The topological polar surface area (TPSA) is 72.7 Å². The number of aryl methyl sites for hydroxylation is 1. The normalized spacial score (nSPS) is 12.6. The van der Waals surface area contributed by atoms with Gasteiger partial charge in [-0.1, -0.05) is 38.3 Å². The Kier molecular flexibility index (Phi) is 7.10. The number of nitrogens with zero attached hydrogens (tertiary/aromatic N) is 4. The summed E-state index contributed by atoms with van der Waals surface area (Å²) in [4.78, 5) is 22.0. The number of carbonyl (C=O) groups excluding carboxylic acids is 1. The van der Waals surface area contributed by atoms with Crippen LogP contribution in [0.5, 0.6) is 0 Å². The molecule has 0 aliphatic heterocycles. The van der Waals surface area contributed by atoms with Crippen LogP contribution in [-0.2, 0) is 13.5 Å². The van der Waals surface area contributed by atoms with Crippen molar-refractivity contribution >= 4 is 18.1 Å². The monoisotopic (exact) mass is 429 g/mol. The molecule has 1 aliphatic rings. The van der Waals surface area contributed by atoms with Crippen LogP contribution in [0.1, 0.15) is 67.1 Å². The van der Waals surface area contributed by atoms with Crippen LogP contribution >= 0.6 is 0 Å². The van der Waals surface area contributed by atoms with Crippen LogP contribution < -0.4 is 15.9 Å². The third-order valence-electron chi connectivity index (χ3n) is 5.79. The number of unbranched alkanes of at least 4 members (excludes halogenated alkanes) is 3. The first-order valence-corrected chi connectivity index (χ1v) is 11.6. The standard InChI is InChI=1S/C26H31N5O/c1-3-4-5-8-12-28-26(32)25-16-20(22-9-6-7-10-23(22)30-25)14-19-11-13-27-24(15-19)21-17-29-31(2)18-21/h9-11,13,15-18H,3-8,12,14H2,1-2H3,(H,28,32). The average Bonchev–Trinajstić information content (AvgIpc) is 3.25. The molecule has 1 amide bonds. The van der Waals surface area contributed by atoms with E-state index >= 15 is 0 Å². The molecule has 0 saturated heterocycles. The number of hydrogen-bond acceptors (Lipinski definition) is 4. The molecule has 1 aliphatic carbocycles. The Morgan fingerprint density at radius 1 is 1.16 bits per heavy atom. The molecular weight excluding hydrogens is 398 g/mol. The molecule has 1 N–H and O–H groups in total. The second kappa shape index (κ2) is 10.4. The minimum Gasteiger partial charge on any atom is -0.351 e. The fourth-order valence-electron chi connectivity index (χ4n) is 4.09. The van der Waals surface area contributed by atoms with Crippen molar-refractivity contribution in [2.24, 2.45) is 7.05 Å². The van der Waals surface area contributed by atoms with Crippen molar-refractivity contribution in [3.63, 3.8) is 0 Å². The molecular formula is C26H31N5O. The smallest absolute Gasteiger partial charge is 0.269 e. The summed E-state index contributed by atoms with van der Waals surface area (Å²) in [7, 11) is 1.90. The molecule has 6 nitrogen and oxygen atoms in total. The van der Waals surface area contributed by atoms with E-state index < -0.39 is 0 Å². The van der Waals surface area contributed by atoms with Crippen molar-refractivity contribution in [1.82, 2.24) is 25.1 Å². The summed E-state index contributed by atoms with van der Waals surface area (Å²) in [6, 6.07) is 6.09. The maximum absolute atomic E-state index is 12.8. The molecule has 0 radical (unpaired) electrons. The minimum atomic E-state index is -0.0877. The fraction of sp³-hybridized carbons (Fsp3) is 0.385. The highest BCUT2D eigenvalue weighted by Gasteiger charge is 2.13. The molecule has 0 spiro atoms. The van der Waals surface area contributed by atoms with E-state index in [4.69, 9.17) is 0 Å². The van der Waals surface area contributed by atoms with Gasteiger partial charge < -0.3 is 5.32 Å². The van der Waals surface area contributed by atoms with Crippen LogP contribution in [0.4, 0.5) is 0 Å². The van der Waals surface area contributed by atoms with Crippen LogP contribution in [0, 0.1) is 0 Å². The van der Waals surface area contributed by atoms with Crippen molar-refractivity contribution in [3.8, 4) is 11.3 Å². The Balaban J connectivity index is 1.59. The van der Waals surface area contributed by atoms with Crippen molar-refractivity contribution in [3.05, 3.63) is 64.2 Å². The molecule has 32 heavy (non-hydrogen) atoms. The minimum absolute atomic E-state index is 0.0877. The maximum Gasteiger partial charge on any atom is 0.269 e. The Bertz CT molecular complexity index is 1210. The Hall–Kier alpha value is -3.28. The van der Waals surface area contributed by atoms with Crippen LogP contribution in [-0.4, -0.2) is 32.2 Å². The highest BCUT2D eigenvalue weighted by atomic mass is 16.1. The molecule has 0 aromatic carbocycles. The second-order valence-electron chi connectivity index (χ2n) is 8.40. The number of fused-ring (bicyclic) bond motifs is 1. The van der Waals surface area contributed by atoms with E-state index in [1.165, 1.54) is 12.8 Å². The Labute approximate surface area is 189 Å². The van der Waals surface area contributed by atoms with Crippen molar-refractivity contribution in [1.29, 1.82) is 0 Å². The van der Waals surface area contributed by atoms with Crippen LogP contribution in [0.2, 0.25) is 0 Å². The van der Waals surface area contributed by atoms with Crippen molar-refractivity contribution in [2.45, 2.75) is 51.9 Å². The zero-order valence-electron chi connectivity index (χ0n) is 19.0. The lowest BCUT2D eigenvalue weighted by Gasteiger charge is -2.11. The number of nitrogens with one attached hydrogen (secondary N) is 1. The van der Waals surface area contributed by atoms with Gasteiger partial charge in [0, 0.05) is 31.5 Å². The molecule has 0 atom stereocenters. The van der Waals surface area contributed by atoms with Gasteiger partial charge in [0.15, 0.2) is 0 Å².